The van der Waals surface area contributed by atoms with E-state index in [1.54, 1.807) is 54.6 Å². The maximum atomic E-state index is 13.0. The first-order valence-electron chi connectivity index (χ1n) is 10.4. The third-order valence-corrected chi connectivity index (χ3v) is 5.01. The maximum absolute atomic E-state index is 13.0. The van der Waals surface area contributed by atoms with Crippen molar-refractivity contribution in [3.05, 3.63) is 108 Å². The summed E-state index contributed by atoms with van der Waals surface area (Å²) in [6.45, 7) is 3.42. The topological polar surface area (TPSA) is 96.0 Å². The van der Waals surface area contributed by atoms with E-state index in [9.17, 15) is 14.0 Å². The minimum Gasteiger partial charge on any atom is -0.340 e. The predicted molar refractivity (Wildman–Crippen MR) is 135 cm³/mol. The lowest BCUT2D eigenvalue weighted by molar-refractivity contribution is -0.111. The average Bonchev–Trinajstić information content (AvgIpc) is 2.86. The van der Waals surface area contributed by atoms with Gasteiger partial charge in [-0.15, -0.1) is 0 Å². The molecule has 4 rings (SSSR count). The Morgan fingerprint density at radius 3 is 2.09 bits per heavy atom. The largest absolute Gasteiger partial charge is 0.340 e. The highest BCUT2D eigenvalue weighted by Gasteiger charge is 2.09. The second-order valence-corrected chi connectivity index (χ2v) is 7.72. The number of anilines is 4. The van der Waals surface area contributed by atoms with E-state index in [1.165, 1.54) is 30.3 Å². The molecule has 0 fully saturated rings. The van der Waals surface area contributed by atoms with Gasteiger partial charge in [0, 0.05) is 34.3 Å². The van der Waals surface area contributed by atoms with Gasteiger partial charge in [0.15, 0.2) is 5.82 Å². The van der Waals surface area contributed by atoms with Gasteiger partial charge in [0.25, 0.3) is 5.91 Å². The predicted octanol–water partition coefficient (Wildman–Crippen LogP) is 6.06. The van der Waals surface area contributed by atoms with Gasteiger partial charge in [-0.25, -0.2) is 14.4 Å². The van der Waals surface area contributed by atoms with E-state index in [1.807, 2.05) is 0 Å². The summed E-state index contributed by atoms with van der Waals surface area (Å²) in [4.78, 5) is 32.6. The van der Waals surface area contributed by atoms with Gasteiger partial charge in [-0.2, -0.15) is 0 Å². The molecule has 35 heavy (non-hydrogen) atoms. The summed E-state index contributed by atoms with van der Waals surface area (Å²) >= 11 is 6.20. The number of nitrogens with one attached hydrogen (secondary N) is 3. The minimum absolute atomic E-state index is 0.247. The molecule has 2 amide bonds. The van der Waals surface area contributed by atoms with Crippen LogP contribution in [0.25, 0.3) is 11.4 Å². The summed E-state index contributed by atoms with van der Waals surface area (Å²) in [5.41, 5.74) is 2.94. The third kappa shape index (κ3) is 6.27. The number of halogens is 2. The zero-order chi connectivity index (χ0) is 24.8. The SMILES string of the molecule is C=CC(=O)Nc1ccc(-c2nc(Cl)cc(Nc3ccc(C(=O)Nc4ccc(F)cc4)cc3)n2)cc1. The lowest BCUT2D eigenvalue weighted by atomic mass is 10.2. The van der Waals surface area contributed by atoms with E-state index < -0.39 is 0 Å². The van der Waals surface area contributed by atoms with Gasteiger partial charge in [-0.3, -0.25) is 9.59 Å². The molecular formula is C26H19ClFN5O2. The molecule has 4 aromatic rings. The molecule has 1 aromatic heterocycles. The van der Waals surface area contributed by atoms with Crippen LogP contribution in [0, 0.1) is 5.82 Å². The van der Waals surface area contributed by atoms with E-state index in [4.69, 9.17) is 11.6 Å². The number of benzene rings is 3. The normalized spacial score (nSPS) is 10.3. The molecule has 3 aromatic carbocycles. The van der Waals surface area contributed by atoms with Crippen molar-refractivity contribution in [2.45, 2.75) is 0 Å². The molecular weight excluding hydrogens is 469 g/mol. The molecule has 7 nitrogen and oxygen atoms in total. The van der Waals surface area contributed by atoms with Crippen LogP contribution in [0.4, 0.5) is 27.3 Å². The lowest BCUT2D eigenvalue weighted by Crippen LogP contribution is -2.11. The van der Waals surface area contributed by atoms with Crippen LogP contribution in [-0.4, -0.2) is 21.8 Å². The third-order valence-electron chi connectivity index (χ3n) is 4.81. The summed E-state index contributed by atoms with van der Waals surface area (Å²) in [7, 11) is 0. The van der Waals surface area contributed by atoms with Crippen LogP contribution in [0.15, 0.2) is 91.5 Å². The number of hydrogen-bond acceptors (Lipinski definition) is 5. The first-order valence-corrected chi connectivity index (χ1v) is 10.8. The van der Waals surface area contributed by atoms with Crippen LogP contribution < -0.4 is 16.0 Å². The summed E-state index contributed by atoms with van der Waals surface area (Å²) in [6, 6.07) is 20.9. The molecule has 0 saturated heterocycles. The number of carbonyl (C=O) groups is 2. The summed E-state index contributed by atoms with van der Waals surface area (Å²) in [5, 5.41) is 8.78. The van der Waals surface area contributed by atoms with Crippen LogP contribution in [-0.2, 0) is 4.79 Å². The Labute approximate surface area is 205 Å². The fourth-order valence-corrected chi connectivity index (χ4v) is 3.28. The number of nitrogens with zero attached hydrogens (tertiary/aromatic N) is 2. The molecule has 0 radical (unpaired) electrons. The molecule has 0 aliphatic carbocycles. The second-order valence-electron chi connectivity index (χ2n) is 7.33. The number of amides is 2. The Morgan fingerprint density at radius 1 is 0.829 bits per heavy atom. The maximum Gasteiger partial charge on any atom is 0.255 e. The fourth-order valence-electron chi connectivity index (χ4n) is 3.10. The Morgan fingerprint density at radius 2 is 1.43 bits per heavy atom. The van der Waals surface area contributed by atoms with Crippen LogP contribution in [0.2, 0.25) is 5.15 Å². The van der Waals surface area contributed by atoms with Crippen molar-refractivity contribution in [2.75, 3.05) is 16.0 Å². The smallest absolute Gasteiger partial charge is 0.255 e. The van der Waals surface area contributed by atoms with E-state index >= 15 is 0 Å². The Hall–Kier alpha value is -4.56. The average molecular weight is 488 g/mol. The molecule has 0 bridgehead atoms. The van der Waals surface area contributed by atoms with E-state index in [0.717, 1.165) is 0 Å². The van der Waals surface area contributed by atoms with Crippen molar-refractivity contribution in [1.29, 1.82) is 0 Å². The van der Waals surface area contributed by atoms with Crippen molar-refractivity contribution < 1.29 is 14.0 Å². The zero-order valence-electron chi connectivity index (χ0n) is 18.3. The van der Waals surface area contributed by atoms with E-state index in [2.05, 4.69) is 32.5 Å². The summed E-state index contributed by atoms with van der Waals surface area (Å²) in [6.07, 6.45) is 1.19. The zero-order valence-corrected chi connectivity index (χ0v) is 19.0. The van der Waals surface area contributed by atoms with Gasteiger partial charge in [-0.1, -0.05) is 18.2 Å². The van der Waals surface area contributed by atoms with Gasteiger partial charge in [0.2, 0.25) is 5.91 Å². The van der Waals surface area contributed by atoms with Crippen molar-refractivity contribution in [3.63, 3.8) is 0 Å². The van der Waals surface area contributed by atoms with Crippen molar-refractivity contribution in [1.82, 2.24) is 9.97 Å². The number of hydrogen-bond donors (Lipinski definition) is 3. The molecule has 0 aliphatic rings. The van der Waals surface area contributed by atoms with Crippen molar-refractivity contribution in [3.8, 4) is 11.4 Å². The van der Waals surface area contributed by atoms with Gasteiger partial charge in [0.1, 0.15) is 16.8 Å². The number of aromatic nitrogens is 2. The van der Waals surface area contributed by atoms with Gasteiger partial charge in [-0.05, 0) is 78.9 Å². The molecule has 9 heteroatoms. The minimum atomic E-state index is -0.375. The van der Waals surface area contributed by atoms with Gasteiger partial charge in [0.05, 0.1) is 0 Å². The molecule has 0 saturated carbocycles. The Kier molecular flexibility index (Phi) is 7.13. The summed E-state index contributed by atoms with van der Waals surface area (Å²) < 4.78 is 13.0. The molecule has 3 N–H and O–H groups in total. The highest BCUT2D eigenvalue weighted by molar-refractivity contribution is 6.29. The molecule has 0 unspecified atom stereocenters. The highest BCUT2D eigenvalue weighted by atomic mass is 35.5. The first-order chi connectivity index (χ1) is 16.9. The Balaban J connectivity index is 1.45. The standard InChI is InChI=1S/C26H19ClFN5O2/c1-2-24(34)30-20-9-3-16(4-10-20)25-32-22(27)15-23(33-25)29-19-11-5-17(6-12-19)26(35)31-21-13-7-18(28)8-14-21/h2-15H,1H2,(H,30,34)(H,31,35)(H,29,32,33). The molecule has 0 atom stereocenters. The number of rotatable bonds is 7. The lowest BCUT2D eigenvalue weighted by Gasteiger charge is -2.10. The monoisotopic (exact) mass is 487 g/mol. The first kappa shape index (κ1) is 23.6. The molecule has 0 aliphatic heterocycles. The van der Waals surface area contributed by atoms with Crippen molar-refractivity contribution >= 4 is 46.3 Å². The molecule has 1 heterocycles. The van der Waals surface area contributed by atoms with E-state index in [0.29, 0.717) is 39.8 Å². The second kappa shape index (κ2) is 10.6. The Bertz CT molecular complexity index is 1370. The van der Waals surface area contributed by atoms with Crippen LogP contribution in [0.3, 0.4) is 0 Å². The van der Waals surface area contributed by atoms with E-state index in [-0.39, 0.29) is 22.8 Å². The van der Waals surface area contributed by atoms with Crippen LogP contribution in [0.1, 0.15) is 10.4 Å². The highest BCUT2D eigenvalue weighted by Crippen LogP contribution is 2.24. The summed E-state index contributed by atoms with van der Waals surface area (Å²) in [5.74, 6) is -0.129. The number of carbonyl (C=O) groups excluding carboxylic acids is 2. The fraction of sp³-hybridized carbons (Fsp3) is 0. The molecule has 174 valence electrons. The van der Waals surface area contributed by atoms with Crippen LogP contribution >= 0.6 is 11.6 Å². The van der Waals surface area contributed by atoms with Gasteiger partial charge < -0.3 is 16.0 Å². The van der Waals surface area contributed by atoms with Gasteiger partial charge >= 0.3 is 0 Å². The quantitative estimate of drug-likeness (QED) is 0.217. The van der Waals surface area contributed by atoms with Crippen molar-refractivity contribution in [2.24, 2.45) is 0 Å². The molecule has 0 spiro atoms. The van der Waals surface area contributed by atoms with Crippen LogP contribution in [0.5, 0.6) is 0 Å².